The van der Waals surface area contributed by atoms with Crippen LogP contribution in [-0.4, -0.2) is 29.9 Å². The normalized spacial score (nSPS) is 22.9. The highest BCUT2D eigenvalue weighted by Crippen LogP contribution is 2.27. The Kier molecular flexibility index (Phi) is 5.30. The average Bonchev–Trinajstić information content (AvgIpc) is 2.42. The Hall–Kier alpha value is -0.770. The highest BCUT2D eigenvalue weighted by molar-refractivity contribution is 6.36. The van der Waals surface area contributed by atoms with E-state index in [4.69, 9.17) is 28.9 Å². The van der Waals surface area contributed by atoms with E-state index in [0.717, 1.165) is 19.4 Å². The molecular formula is C15H20Cl2N2O. The van der Waals surface area contributed by atoms with Gasteiger partial charge in [-0.1, -0.05) is 36.2 Å². The van der Waals surface area contributed by atoms with Gasteiger partial charge in [0.2, 0.25) is 5.91 Å². The molecule has 1 aromatic carbocycles. The number of amides is 1. The molecule has 0 spiro atoms. The third-order valence-electron chi connectivity index (χ3n) is 3.96. The van der Waals surface area contributed by atoms with Crippen molar-refractivity contribution in [2.45, 2.75) is 32.2 Å². The zero-order valence-corrected chi connectivity index (χ0v) is 13.1. The number of nitrogens with zero attached hydrogens (tertiary/aromatic N) is 1. The Balaban J connectivity index is 2.11. The molecule has 5 heteroatoms. The van der Waals surface area contributed by atoms with Gasteiger partial charge in [0.15, 0.2) is 0 Å². The molecule has 2 unspecified atom stereocenters. The molecule has 0 radical (unpaired) electrons. The summed E-state index contributed by atoms with van der Waals surface area (Å²) in [6.07, 6.45) is 2.24. The van der Waals surface area contributed by atoms with E-state index in [1.165, 1.54) is 0 Å². The van der Waals surface area contributed by atoms with Gasteiger partial charge in [-0.25, -0.2) is 0 Å². The number of likely N-dealkylation sites (tertiary alicyclic amines) is 1. The molecule has 1 fully saturated rings. The fraction of sp³-hybridized carbons (Fsp3) is 0.533. The monoisotopic (exact) mass is 314 g/mol. The summed E-state index contributed by atoms with van der Waals surface area (Å²) in [4.78, 5) is 14.4. The molecule has 1 aliphatic heterocycles. The van der Waals surface area contributed by atoms with Crippen LogP contribution in [0.25, 0.3) is 0 Å². The third-order valence-corrected chi connectivity index (χ3v) is 4.67. The maximum absolute atomic E-state index is 12.5. The minimum absolute atomic E-state index is 0.0577. The Morgan fingerprint density at radius 1 is 1.40 bits per heavy atom. The SMILES string of the molecule is CC1CCN(C(=O)Cc2c(Cl)cccc2Cl)C(CN)C1. The zero-order chi connectivity index (χ0) is 14.7. The molecule has 20 heavy (non-hydrogen) atoms. The predicted octanol–water partition coefficient (Wildman–Crippen LogP) is 3.12. The number of carbonyl (C=O) groups is 1. The van der Waals surface area contributed by atoms with Crippen molar-refractivity contribution in [2.24, 2.45) is 11.7 Å². The van der Waals surface area contributed by atoms with Gasteiger partial charge in [-0.15, -0.1) is 0 Å². The summed E-state index contributed by atoms with van der Waals surface area (Å²) < 4.78 is 0. The maximum Gasteiger partial charge on any atom is 0.227 e. The number of rotatable bonds is 3. The van der Waals surface area contributed by atoms with Gasteiger partial charge in [0.25, 0.3) is 0 Å². The summed E-state index contributed by atoms with van der Waals surface area (Å²) >= 11 is 12.3. The van der Waals surface area contributed by atoms with Crippen molar-refractivity contribution in [1.82, 2.24) is 4.90 Å². The lowest BCUT2D eigenvalue weighted by Crippen LogP contribution is -2.49. The van der Waals surface area contributed by atoms with E-state index in [0.29, 0.717) is 28.1 Å². The summed E-state index contributed by atoms with van der Waals surface area (Å²) in [5.41, 5.74) is 6.50. The van der Waals surface area contributed by atoms with Gasteiger partial charge in [-0.05, 0) is 36.5 Å². The molecule has 0 saturated carbocycles. The number of hydrogen-bond acceptors (Lipinski definition) is 2. The quantitative estimate of drug-likeness (QED) is 0.931. The lowest BCUT2D eigenvalue weighted by atomic mass is 9.92. The Labute approximate surface area is 130 Å². The van der Waals surface area contributed by atoms with Crippen LogP contribution in [0.15, 0.2) is 18.2 Å². The van der Waals surface area contributed by atoms with Crippen molar-refractivity contribution in [3.63, 3.8) is 0 Å². The first-order valence-electron chi connectivity index (χ1n) is 6.95. The standard InChI is InChI=1S/C15H20Cl2N2O/c1-10-5-6-19(11(7-10)9-18)15(20)8-12-13(16)3-2-4-14(12)17/h2-4,10-11H,5-9,18H2,1H3. The third kappa shape index (κ3) is 3.46. The predicted molar refractivity (Wildman–Crippen MR) is 83.1 cm³/mol. The highest BCUT2D eigenvalue weighted by Gasteiger charge is 2.29. The molecule has 0 aliphatic carbocycles. The van der Waals surface area contributed by atoms with Gasteiger partial charge < -0.3 is 10.6 Å². The van der Waals surface area contributed by atoms with Crippen LogP contribution in [0.4, 0.5) is 0 Å². The lowest BCUT2D eigenvalue weighted by molar-refractivity contribution is -0.134. The van der Waals surface area contributed by atoms with Crippen LogP contribution in [0.2, 0.25) is 10.0 Å². The van der Waals surface area contributed by atoms with Crippen molar-refractivity contribution < 1.29 is 4.79 Å². The van der Waals surface area contributed by atoms with Gasteiger partial charge in [0.1, 0.15) is 0 Å². The van der Waals surface area contributed by atoms with Crippen LogP contribution in [0.1, 0.15) is 25.3 Å². The van der Waals surface area contributed by atoms with E-state index in [2.05, 4.69) is 6.92 Å². The molecule has 1 saturated heterocycles. The van der Waals surface area contributed by atoms with Crippen molar-refractivity contribution in [3.05, 3.63) is 33.8 Å². The van der Waals surface area contributed by atoms with Gasteiger partial charge >= 0.3 is 0 Å². The first kappa shape index (κ1) is 15.6. The Bertz CT molecular complexity index is 473. The van der Waals surface area contributed by atoms with Crippen LogP contribution in [0.3, 0.4) is 0 Å². The number of hydrogen-bond donors (Lipinski definition) is 1. The number of halogens is 2. The van der Waals surface area contributed by atoms with Crippen molar-refractivity contribution in [3.8, 4) is 0 Å². The maximum atomic E-state index is 12.5. The zero-order valence-electron chi connectivity index (χ0n) is 11.6. The summed E-state index contributed by atoms with van der Waals surface area (Å²) in [7, 11) is 0. The van der Waals surface area contributed by atoms with E-state index in [-0.39, 0.29) is 18.4 Å². The number of carbonyl (C=O) groups excluding carboxylic acids is 1. The summed E-state index contributed by atoms with van der Waals surface area (Å²) in [5, 5.41) is 1.08. The molecule has 0 aromatic heterocycles. The topological polar surface area (TPSA) is 46.3 Å². The molecule has 110 valence electrons. The summed E-state index contributed by atoms with van der Waals surface area (Å²) in [5.74, 6) is 0.679. The molecule has 1 amide bonds. The summed E-state index contributed by atoms with van der Waals surface area (Å²) in [6.45, 7) is 3.48. The first-order chi connectivity index (χ1) is 9.52. The molecule has 2 atom stereocenters. The number of benzene rings is 1. The first-order valence-corrected chi connectivity index (χ1v) is 7.71. The Morgan fingerprint density at radius 3 is 2.65 bits per heavy atom. The average molecular weight is 315 g/mol. The molecule has 3 nitrogen and oxygen atoms in total. The molecule has 0 bridgehead atoms. The van der Waals surface area contributed by atoms with E-state index >= 15 is 0 Å². The van der Waals surface area contributed by atoms with Crippen LogP contribution in [0, 0.1) is 5.92 Å². The van der Waals surface area contributed by atoms with E-state index in [1.807, 2.05) is 4.90 Å². The smallest absolute Gasteiger partial charge is 0.227 e. The van der Waals surface area contributed by atoms with Gasteiger partial charge in [0, 0.05) is 29.2 Å². The largest absolute Gasteiger partial charge is 0.338 e. The molecule has 1 aromatic rings. The van der Waals surface area contributed by atoms with Crippen LogP contribution in [0.5, 0.6) is 0 Å². The highest BCUT2D eigenvalue weighted by atomic mass is 35.5. The fourth-order valence-electron chi connectivity index (χ4n) is 2.76. The van der Waals surface area contributed by atoms with Crippen LogP contribution >= 0.6 is 23.2 Å². The van der Waals surface area contributed by atoms with Gasteiger partial charge in [0.05, 0.1) is 6.42 Å². The van der Waals surface area contributed by atoms with Crippen molar-refractivity contribution in [1.29, 1.82) is 0 Å². The molecule has 2 N–H and O–H groups in total. The van der Waals surface area contributed by atoms with Crippen molar-refractivity contribution >= 4 is 29.1 Å². The van der Waals surface area contributed by atoms with Gasteiger partial charge in [-0.2, -0.15) is 0 Å². The Morgan fingerprint density at radius 2 is 2.05 bits per heavy atom. The van der Waals surface area contributed by atoms with E-state index in [1.54, 1.807) is 18.2 Å². The van der Waals surface area contributed by atoms with Crippen molar-refractivity contribution in [2.75, 3.05) is 13.1 Å². The van der Waals surface area contributed by atoms with Gasteiger partial charge in [-0.3, -0.25) is 4.79 Å². The molecular weight excluding hydrogens is 295 g/mol. The van der Waals surface area contributed by atoms with Crippen LogP contribution in [-0.2, 0) is 11.2 Å². The number of nitrogens with two attached hydrogens (primary N) is 1. The van der Waals surface area contributed by atoms with Crippen LogP contribution < -0.4 is 5.73 Å². The molecule has 2 rings (SSSR count). The second kappa shape index (κ2) is 6.79. The molecule has 1 aliphatic rings. The van der Waals surface area contributed by atoms with E-state index < -0.39 is 0 Å². The second-order valence-electron chi connectivity index (χ2n) is 5.48. The lowest BCUT2D eigenvalue weighted by Gasteiger charge is -2.38. The fourth-order valence-corrected chi connectivity index (χ4v) is 3.29. The summed E-state index contributed by atoms with van der Waals surface area (Å²) in [6, 6.07) is 5.43. The minimum atomic E-state index is 0.0577. The van der Waals surface area contributed by atoms with E-state index in [9.17, 15) is 4.79 Å². The minimum Gasteiger partial charge on any atom is -0.338 e. The molecule has 1 heterocycles. The second-order valence-corrected chi connectivity index (χ2v) is 6.30. The number of piperidine rings is 1.